The standard InChI is InChI=1S/C10H12N2O2/c1-2-14-10(13)7-6-8-4-3-5-9(11)12-8/h3-7H,2H2,1H3,(H2,11,12). The zero-order valence-electron chi connectivity index (χ0n) is 7.93. The van der Waals surface area contributed by atoms with Crippen LogP contribution in [0.5, 0.6) is 0 Å². The highest BCUT2D eigenvalue weighted by Crippen LogP contribution is 2.02. The van der Waals surface area contributed by atoms with Crippen LogP contribution in [0.25, 0.3) is 6.08 Å². The Labute approximate surface area is 82.4 Å². The van der Waals surface area contributed by atoms with Gasteiger partial charge in [0.1, 0.15) is 5.82 Å². The Morgan fingerprint density at radius 1 is 1.64 bits per heavy atom. The molecule has 0 atom stereocenters. The van der Waals surface area contributed by atoms with Gasteiger partial charge < -0.3 is 10.5 Å². The summed E-state index contributed by atoms with van der Waals surface area (Å²) in [7, 11) is 0. The van der Waals surface area contributed by atoms with Gasteiger partial charge in [-0.25, -0.2) is 9.78 Å². The molecular weight excluding hydrogens is 180 g/mol. The SMILES string of the molecule is CCOC(=O)C=Cc1cccc(N)n1. The third-order valence-corrected chi connectivity index (χ3v) is 1.47. The molecule has 74 valence electrons. The summed E-state index contributed by atoms with van der Waals surface area (Å²) < 4.78 is 4.71. The Morgan fingerprint density at radius 2 is 2.43 bits per heavy atom. The molecule has 4 heteroatoms. The maximum absolute atomic E-state index is 10.9. The van der Waals surface area contributed by atoms with E-state index < -0.39 is 0 Å². The molecule has 1 rings (SSSR count). The van der Waals surface area contributed by atoms with Crippen molar-refractivity contribution in [2.24, 2.45) is 0 Å². The first kappa shape index (κ1) is 10.2. The molecule has 0 aliphatic rings. The highest BCUT2D eigenvalue weighted by molar-refractivity contribution is 5.86. The van der Waals surface area contributed by atoms with Gasteiger partial charge in [-0.15, -0.1) is 0 Å². The molecule has 4 nitrogen and oxygen atoms in total. The predicted octanol–water partition coefficient (Wildman–Crippen LogP) is 1.24. The van der Waals surface area contributed by atoms with E-state index in [0.717, 1.165) is 0 Å². The van der Waals surface area contributed by atoms with E-state index >= 15 is 0 Å². The summed E-state index contributed by atoms with van der Waals surface area (Å²) in [5.41, 5.74) is 6.10. The Morgan fingerprint density at radius 3 is 3.07 bits per heavy atom. The third kappa shape index (κ3) is 3.26. The largest absolute Gasteiger partial charge is 0.463 e. The molecule has 0 saturated heterocycles. The monoisotopic (exact) mass is 192 g/mol. The summed E-state index contributed by atoms with van der Waals surface area (Å²) in [5.74, 6) is 0.0488. The van der Waals surface area contributed by atoms with Crippen molar-refractivity contribution in [2.45, 2.75) is 6.92 Å². The number of carbonyl (C=O) groups is 1. The predicted molar refractivity (Wildman–Crippen MR) is 54.3 cm³/mol. The van der Waals surface area contributed by atoms with Gasteiger partial charge in [-0.3, -0.25) is 0 Å². The molecule has 0 saturated carbocycles. The first-order valence-electron chi connectivity index (χ1n) is 4.29. The zero-order valence-corrected chi connectivity index (χ0v) is 7.93. The second-order valence-electron chi connectivity index (χ2n) is 2.57. The van der Waals surface area contributed by atoms with Crippen molar-refractivity contribution in [3.63, 3.8) is 0 Å². The maximum Gasteiger partial charge on any atom is 0.330 e. The first-order valence-corrected chi connectivity index (χ1v) is 4.29. The number of aromatic nitrogens is 1. The second-order valence-corrected chi connectivity index (χ2v) is 2.57. The summed E-state index contributed by atoms with van der Waals surface area (Å²) >= 11 is 0. The molecule has 14 heavy (non-hydrogen) atoms. The Bertz CT molecular complexity index is 348. The van der Waals surface area contributed by atoms with Crippen LogP contribution in [0.3, 0.4) is 0 Å². The molecule has 0 aliphatic carbocycles. The summed E-state index contributed by atoms with van der Waals surface area (Å²) in [5, 5.41) is 0. The van der Waals surface area contributed by atoms with Crippen molar-refractivity contribution in [2.75, 3.05) is 12.3 Å². The lowest BCUT2D eigenvalue weighted by molar-refractivity contribution is -0.137. The number of carbonyl (C=O) groups excluding carboxylic acids is 1. The number of esters is 1. The fourth-order valence-corrected chi connectivity index (χ4v) is 0.906. The number of hydrogen-bond donors (Lipinski definition) is 1. The van der Waals surface area contributed by atoms with Crippen LogP contribution in [0.1, 0.15) is 12.6 Å². The molecule has 1 heterocycles. The average molecular weight is 192 g/mol. The second kappa shape index (κ2) is 5.01. The van der Waals surface area contributed by atoms with Gasteiger partial charge in [0, 0.05) is 6.08 Å². The smallest absolute Gasteiger partial charge is 0.330 e. The summed E-state index contributed by atoms with van der Waals surface area (Å²) in [6.45, 7) is 2.12. The Kier molecular flexibility index (Phi) is 3.67. The molecule has 1 aromatic heterocycles. The van der Waals surface area contributed by atoms with Gasteiger partial charge in [-0.2, -0.15) is 0 Å². The zero-order chi connectivity index (χ0) is 10.4. The average Bonchev–Trinajstić information content (AvgIpc) is 2.15. The van der Waals surface area contributed by atoms with E-state index in [1.54, 1.807) is 31.2 Å². The summed E-state index contributed by atoms with van der Waals surface area (Å²) in [4.78, 5) is 14.9. The van der Waals surface area contributed by atoms with Crippen molar-refractivity contribution in [3.8, 4) is 0 Å². The lowest BCUT2D eigenvalue weighted by atomic mass is 10.3. The topological polar surface area (TPSA) is 65.2 Å². The van der Waals surface area contributed by atoms with Crippen LogP contribution >= 0.6 is 0 Å². The molecule has 2 N–H and O–H groups in total. The summed E-state index contributed by atoms with van der Waals surface area (Å²) in [6.07, 6.45) is 2.89. The minimum Gasteiger partial charge on any atom is -0.463 e. The number of nitrogens with zero attached hydrogens (tertiary/aromatic N) is 1. The van der Waals surface area contributed by atoms with Gasteiger partial charge in [0.2, 0.25) is 0 Å². The van der Waals surface area contributed by atoms with E-state index in [9.17, 15) is 4.79 Å². The van der Waals surface area contributed by atoms with Gasteiger partial charge in [0.15, 0.2) is 0 Å². The fraction of sp³-hybridized carbons (Fsp3) is 0.200. The minimum atomic E-state index is -0.378. The van der Waals surface area contributed by atoms with Crippen LogP contribution in [-0.4, -0.2) is 17.6 Å². The Hall–Kier alpha value is -1.84. The normalized spacial score (nSPS) is 10.4. The van der Waals surface area contributed by atoms with Crippen LogP contribution < -0.4 is 5.73 Å². The summed E-state index contributed by atoms with van der Waals surface area (Å²) in [6, 6.07) is 5.21. The van der Waals surface area contributed by atoms with Crippen LogP contribution in [0.2, 0.25) is 0 Å². The Balaban J connectivity index is 2.64. The molecule has 0 aromatic carbocycles. The number of pyridine rings is 1. The van der Waals surface area contributed by atoms with Gasteiger partial charge in [0.25, 0.3) is 0 Å². The highest BCUT2D eigenvalue weighted by Gasteiger charge is 1.94. The molecule has 0 spiro atoms. The lowest BCUT2D eigenvalue weighted by Gasteiger charge is -1.95. The number of ether oxygens (including phenoxy) is 1. The van der Waals surface area contributed by atoms with E-state index in [1.807, 2.05) is 0 Å². The van der Waals surface area contributed by atoms with Gasteiger partial charge in [-0.05, 0) is 25.1 Å². The molecule has 0 amide bonds. The quantitative estimate of drug-likeness (QED) is 0.578. The number of anilines is 1. The number of hydrogen-bond acceptors (Lipinski definition) is 4. The van der Waals surface area contributed by atoms with E-state index in [0.29, 0.717) is 18.1 Å². The van der Waals surface area contributed by atoms with Crippen molar-refractivity contribution >= 4 is 17.9 Å². The van der Waals surface area contributed by atoms with Gasteiger partial charge in [-0.1, -0.05) is 6.07 Å². The van der Waals surface area contributed by atoms with Crippen molar-refractivity contribution in [3.05, 3.63) is 30.0 Å². The highest BCUT2D eigenvalue weighted by atomic mass is 16.5. The molecule has 0 bridgehead atoms. The van der Waals surface area contributed by atoms with Crippen LogP contribution in [0.4, 0.5) is 5.82 Å². The number of nitrogen functional groups attached to an aromatic ring is 1. The number of rotatable bonds is 3. The van der Waals surface area contributed by atoms with Gasteiger partial charge in [0.05, 0.1) is 12.3 Å². The van der Waals surface area contributed by atoms with E-state index in [-0.39, 0.29) is 5.97 Å². The van der Waals surface area contributed by atoms with Crippen LogP contribution in [0, 0.1) is 0 Å². The number of nitrogens with two attached hydrogens (primary N) is 1. The molecule has 0 aliphatic heterocycles. The van der Waals surface area contributed by atoms with Crippen molar-refractivity contribution in [1.82, 2.24) is 4.98 Å². The van der Waals surface area contributed by atoms with Crippen molar-refractivity contribution < 1.29 is 9.53 Å². The lowest BCUT2D eigenvalue weighted by Crippen LogP contribution is -1.99. The van der Waals surface area contributed by atoms with E-state index in [1.165, 1.54) is 6.08 Å². The van der Waals surface area contributed by atoms with Crippen molar-refractivity contribution in [1.29, 1.82) is 0 Å². The maximum atomic E-state index is 10.9. The molecule has 1 aromatic rings. The molecular formula is C10H12N2O2. The molecule has 0 radical (unpaired) electrons. The van der Waals surface area contributed by atoms with E-state index in [4.69, 9.17) is 10.5 Å². The van der Waals surface area contributed by atoms with Crippen LogP contribution in [-0.2, 0) is 9.53 Å². The first-order chi connectivity index (χ1) is 6.72. The van der Waals surface area contributed by atoms with Crippen LogP contribution in [0.15, 0.2) is 24.3 Å². The molecule has 0 unspecified atom stereocenters. The fourth-order valence-electron chi connectivity index (χ4n) is 0.906. The molecule has 0 fully saturated rings. The van der Waals surface area contributed by atoms with E-state index in [2.05, 4.69) is 4.98 Å². The minimum absolute atomic E-state index is 0.369. The third-order valence-electron chi connectivity index (χ3n) is 1.47. The van der Waals surface area contributed by atoms with Gasteiger partial charge >= 0.3 is 5.97 Å².